The Kier molecular flexibility index (Phi) is 5.19. The van der Waals surface area contributed by atoms with Crippen LogP contribution in [0, 0.1) is 0 Å². The lowest BCUT2D eigenvalue weighted by molar-refractivity contribution is -0.145. The van der Waals surface area contributed by atoms with E-state index in [1.54, 1.807) is 0 Å². The zero-order valence-corrected chi connectivity index (χ0v) is 12.1. The van der Waals surface area contributed by atoms with Crippen molar-refractivity contribution in [3.8, 4) is 0 Å². The Balaban J connectivity index is 1.85. The van der Waals surface area contributed by atoms with E-state index in [0.717, 1.165) is 11.1 Å². The summed E-state index contributed by atoms with van der Waals surface area (Å²) in [5, 5.41) is 0.687. The Labute approximate surface area is 124 Å². The quantitative estimate of drug-likeness (QED) is 0.753. The second-order valence-corrected chi connectivity index (χ2v) is 5.24. The van der Waals surface area contributed by atoms with E-state index in [0.29, 0.717) is 18.1 Å². The summed E-state index contributed by atoms with van der Waals surface area (Å²) in [4.78, 5) is 11.8. The van der Waals surface area contributed by atoms with Gasteiger partial charge in [-0.05, 0) is 29.2 Å². The van der Waals surface area contributed by atoms with E-state index in [2.05, 4.69) is 0 Å². The fraction of sp³-hybridized carbons (Fsp3) is 0.235. The first-order chi connectivity index (χ1) is 9.65. The molecule has 0 saturated heterocycles. The van der Waals surface area contributed by atoms with Crippen LogP contribution in [0.4, 0.5) is 0 Å². The Morgan fingerprint density at radius 1 is 1.15 bits per heavy atom. The van der Waals surface area contributed by atoms with E-state index < -0.39 is 0 Å². The predicted molar refractivity (Wildman–Crippen MR) is 80.7 cm³/mol. The minimum absolute atomic E-state index is 0.0944. The fourth-order valence-corrected chi connectivity index (χ4v) is 2.18. The lowest BCUT2D eigenvalue weighted by Gasteiger charge is -2.12. The van der Waals surface area contributed by atoms with Gasteiger partial charge in [0.2, 0.25) is 0 Å². The van der Waals surface area contributed by atoms with Crippen molar-refractivity contribution in [2.75, 3.05) is 0 Å². The van der Waals surface area contributed by atoms with Crippen molar-refractivity contribution in [1.29, 1.82) is 0 Å². The fourth-order valence-electron chi connectivity index (χ4n) is 1.98. The number of halogens is 1. The Hall–Kier alpha value is -1.80. The second kappa shape index (κ2) is 7.11. The largest absolute Gasteiger partial charge is 0.461 e. The number of ether oxygens (including phenoxy) is 1. The molecule has 0 radical (unpaired) electrons. The van der Waals surface area contributed by atoms with Gasteiger partial charge in [-0.2, -0.15) is 0 Å². The van der Waals surface area contributed by atoms with Gasteiger partial charge < -0.3 is 4.74 Å². The highest BCUT2D eigenvalue weighted by atomic mass is 35.5. The third kappa shape index (κ3) is 4.39. The Bertz CT molecular complexity index is 566. The van der Waals surface area contributed by atoms with Gasteiger partial charge in [0.15, 0.2) is 0 Å². The molecule has 104 valence electrons. The van der Waals surface area contributed by atoms with Gasteiger partial charge in [-0.1, -0.05) is 61.0 Å². The summed E-state index contributed by atoms with van der Waals surface area (Å²) < 4.78 is 5.28. The zero-order valence-electron chi connectivity index (χ0n) is 11.4. The molecule has 2 rings (SSSR count). The minimum Gasteiger partial charge on any atom is -0.461 e. The van der Waals surface area contributed by atoms with Crippen LogP contribution in [0.25, 0.3) is 0 Å². The van der Waals surface area contributed by atoms with Crippen LogP contribution in [-0.4, -0.2) is 5.97 Å². The van der Waals surface area contributed by atoms with Crippen molar-refractivity contribution in [3.05, 3.63) is 70.7 Å². The van der Waals surface area contributed by atoms with Crippen LogP contribution in [0.2, 0.25) is 5.02 Å². The van der Waals surface area contributed by atoms with E-state index in [-0.39, 0.29) is 11.9 Å². The van der Waals surface area contributed by atoms with Crippen LogP contribution in [0.3, 0.4) is 0 Å². The molecule has 0 N–H and O–H groups in total. The predicted octanol–water partition coefficient (Wildman–Crippen LogP) is 4.58. The summed E-state index contributed by atoms with van der Waals surface area (Å²) in [6.45, 7) is 2.32. The third-order valence-corrected chi connectivity index (χ3v) is 3.37. The SMILES string of the molecule is CC(CC(=O)OCc1ccccc1)c1cccc(Cl)c1. The van der Waals surface area contributed by atoms with Gasteiger partial charge in [0.1, 0.15) is 6.61 Å². The van der Waals surface area contributed by atoms with Gasteiger partial charge in [-0.25, -0.2) is 0 Å². The first-order valence-corrected chi connectivity index (χ1v) is 6.98. The average Bonchev–Trinajstić information content (AvgIpc) is 2.46. The third-order valence-electron chi connectivity index (χ3n) is 3.13. The van der Waals surface area contributed by atoms with Gasteiger partial charge in [0.25, 0.3) is 0 Å². The molecule has 0 aromatic heterocycles. The maximum atomic E-state index is 11.8. The molecule has 3 heteroatoms. The van der Waals surface area contributed by atoms with E-state index in [1.807, 2.05) is 61.5 Å². The maximum absolute atomic E-state index is 11.8. The normalized spacial score (nSPS) is 11.9. The highest BCUT2D eigenvalue weighted by Gasteiger charge is 2.12. The molecular formula is C17H17ClO2. The van der Waals surface area contributed by atoms with Crippen LogP contribution in [0.1, 0.15) is 30.4 Å². The molecule has 0 aliphatic heterocycles. The van der Waals surface area contributed by atoms with Gasteiger partial charge in [-0.15, -0.1) is 0 Å². The average molecular weight is 289 g/mol. The Morgan fingerprint density at radius 3 is 2.60 bits per heavy atom. The van der Waals surface area contributed by atoms with Crippen LogP contribution in [-0.2, 0) is 16.1 Å². The molecule has 0 amide bonds. The smallest absolute Gasteiger partial charge is 0.306 e. The number of hydrogen-bond acceptors (Lipinski definition) is 2. The first kappa shape index (κ1) is 14.6. The molecule has 0 saturated carbocycles. The molecule has 0 bridgehead atoms. The summed E-state index contributed by atoms with van der Waals surface area (Å²) in [5.41, 5.74) is 2.05. The highest BCUT2D eigenvalue weighted by Crippen LogP contribution is 2.22. The zero-order chi connectivity index (χ0) is 14.4. The van der Waals surface area contributed by atoms with Crippen molar-refractivity contribution in [2.45, 2.75) is 25.9 Å². The van der Waals surface area contributed by atoms with Crippen molar-refractivity contribution in [3.63, 3.8) is 0 Å². The first-order valence-electron chi connectivity index (χ1n) is 6.60. The van der Waals surface area contributed by atoms with Crippen LogP contribution < -0.4 is 0 Å². The lowest BCUT2D eigenvalue weighted by Crippen LogP contribution is -2.08. The number of hydrogen-bond donors (Lipinski definition) is 0. The van der Waals surface area contributed by atoms with Crippen LogP contribution in [0.15, 0.2) is 54.6 Å². The van der Waals surface area contributed by atoms with Crippen molar-refractivity contribution in [1.82, 2.24) is 0 Å². The minimum atomic E-state index is -0.193. The molecule has 0 spiro atoms. The summed E-state index contributed by atoms with van der Waals surface area (Å²) in [5.74, 6) is -0.0988. The molecule has 1 unspecified atom stereocenters. The monoisotopic (exact) mass is 288 g/mol. The van der Waals surface area contributed by atoms with Crippen LogP contribution >= 0.6 is 11.6 Å². The van der Waals surface area contributed by atoms with Gasteiger partial charge in [-0.3, -0.25) is 4.79 Å². The molecule has 0 fully saturated rings. The number of carbonyl (C=O) groups is 1. The summed E-state index contributed by atoms with van der Waals surface area (Å²) in [6.07, 6.45) is 0.354. The topological polar surface area (TPSA) is 26.3 Å². The van der Waals surface area contributed by atoms with E-state index in [4.69, 9.17) is 16.3 Å². The standard InChI is InChI=1S/C17H17ClO2/c1-13(15-8-5-9-16(18)11-15)10-17(19)20-12-14-6-3-2-4-7-14/h2-9,11,13H,10,12H2,1H3. The van der Waals surface area contributed by atoms with E-state index in [9.17, 15) is 4.79 Å². The number of rotatable bonds is 5. The molecule has 1 atom stereocenters. The van der Waals surface area contributed by atoms with Crippen LogP contribution in [0.5, 0.6) is 0 Å². The molecule has 2 aromatic carbocycles. The summed E-state index contributed by atoms with van der Waals surface area (Å²) in [6, 6.07) is 17.2. The van der Waals surface area contributed by atoms with Crippen molar-refractivity contribution in [2.24, 2.45) is 0 Å². The molecule has 0 heterocycles. The number of carbonyl (C=O) groups excluding carboxylic acids is 1. The molecule has 0 aliphatic carbocycles. The van der Waals surface area contributed by atoms with E-state index >= 15 is 0 Å². The highest BCUT2D eigenvalue weighted by molar-refractivity contribution is 6.30. The van der Waals surface area contributed by atoms with Gasteiger partial charge in [0, 0.05) is 5.02 Å². The molecule has 2 nitrogen and oxygen atoms in total. The molecule has 2 aromatic rings. The Morgan fingerprint density at radius 2 is 1.90 bits per heavy atom. The molecule has 20 heavy (non-hydrogen) atoms. The van der Waals surface area contributed by atoms with E-state index in [1.165, 1.54) is 0 Å². The van der Waals surface area contributed by atoms with Gasteiger partial charge >= 0.3 is 5.97 Å². The summed E-state index contributed by atoms with van der Waals surface area (Å²) >= 11 is 5.95. The van der Waals surface area contributed by atoms with Crippen molar-refractivity contribution < 1.29 is 9.53 Å². The van der Waals surface area contributed by atoms with Gasteiger partial charge in [0.05, 0.1) is 6.42 Å². The van der Waals surface area contributed by atoms with Crippen molar-refractivity contribution >= 4 is 17.6 Å². The molecular weight excluding hydrogens is 272 g/mol. The lowest BCUT2D eigenvalue weighted by atomic mass is 9.98. The molecule has 0 aliphatic rings. The second-order valence-electron chi connectivity index (χ2n) is 4.81. The maximum Gasteiger partial charge on any atom is 0.306 e. The number of benzene rings is 2. The number of esters is 1. The summed E-state index contributed by atoms with van der Waals surface area (Å²) in [7, 11) is 0.